The fourth-order valence-electron chi connectivity index (χ4n) is 3.16. The second-order valence-electron chi connectivity index (χ2n) is 6.40. The summed E-state index contributed by atoms with van der Waals surface area (Å²) in [6.45, 7) is 4.07. The fourth-order valence-corrected chi connectivity index (χ4v) is 3.16. The molecule has 2 aromatic carbocycles. The third-order valence-electron chi connectivity index (χ3n) is 4.51. The van der Waals surface area contributed by atoms with Gasteiger partial charge in [0.2, 0.25) is 5.91 Å². The molecule has 1 aliphatic rings. The van der Waals surface area contributed by atoms with E-state index in [-0.39, 0.29) is 12.0 Å². The van der Waals surface area contributed by atoms with E-state index in [1.54, 1.807) is 7.11 Å². The van der Waals surface area contributed by atoms with Gasteiger partial charge < -0.3 is 19.7 Å². The maximum atomic E-state index is 11.7. The molecule has 26 heavy (non-hydrogen) atoms. The monoisotopic (exact) mass is 354 g/mol. The van der Waals surface area contributed by atoms with Crippen LogP contribution in [0.1, 0.15) is 31.4 Å². The Morgan fingerprint density at radius 1 is 1.27 bits per heavy atom. The topological polar surface area (TPSA) is 50.8 Å². The number of nitrogens with one attached hydrogen (secondary N) is 1. The maximum Gasteiger partial charge on any atom is 0.220 e. The number of hydrogen-bond acceptors (Lipinski definition) is 4. The molecule has 0 aliphatic carbocycles. The van der Waals surface area contributed by atoms with Crippen LogP contribution in [-0.4, -0.2) is 32.7 Å². The summed E-state index contributed by atoms with van der Waals surface area (Å²) in [5.74, 6) is 1.74. The number of rotatable bonds is 7. The van der Waals surface area contributed by atoms with Crippen molar-refractivity contribution in [2.45, 2.75) is 25.9 Å². The van der Waals surface area contributed by atoms with Crippen LogP contribution in [-0.2, 0) is 4.79 Å². The van der Waals surface area contributed by atoms with Crippen molar-refractivity contribution >= 4 is 11.6 Å². The number of carbonyl (C=O) groups excluding carboxylic acids is 1. The molecule has 0 radical (unpaired) electrons. The smallest absolute Gasteiger partial charge is 0.220 e. The first-order chi connectivity index (χ1) is 12.7. The zero-order valence-corrected chi connectivity index (χ0v) is 15.4. The van der Waals surface area contributed by atoms with E-state index in [2.05, 4.69) is 22.3 Å². The SMILES string of the molecule is CCCC(=O)NCCN1CC(c2ccccc2)Oc2ccc(OC)cc21. The van der Waals surface area contributed by atoms with Gasteiger partial charge >= 0.3 is 0 Å². The molecule has 1 heterocycles. The zero-order chi connectivity index (χ0) is 18.4. The van der Waals surface area contributed by atoms with E-state index >= 15 is 0 Å². The molecule has 0 aromatic heterocycles. The predicted molar refractivity (Wildman–Crippen MR) is 103 cm³/mol. The number of carbonyl (C=O) groups is 1. The van der Waals surface area contributed by atoms with Crippen LogP contribution in [0.25, 0.3) is 0 Å². The van der Waals surface area contributed by atoms with E-state index in [1.165, 1.54) is 0 Å². The normalized spacial score (nSPS) is 15.8. The molecular weight excluding hydrogens is 328 g/mol. The van der Waals surface area contributed by atoms with Crippen molar-refractivity contribution in [3.63, 3.8) is 0 Å². The van der Waals surface area contributed by atoms with Gasteiger partial charge in [0.1, 0.15) is 17.6 Å². The largest absolute Gasteiger partial charge is 0.497 e. The summed E-state index contributed by atoms with van der Waals surface area (Å²) in [5.41, 5.74) is 2.15. The van der Waals surface area contributed by atoms with E-state index in [1.807, 2.05) is 43.3 Å². The Morgan fingerprint density at radius 3 is 2.81 bits per heavy atom. The van der Waals surface area contributed by atoms with Gasteiger partial charge in [0, 0.05) is 25.6 Å². The number of fused-ring (bicyclic) bond motifs is 1. The van der Waals surface area contributed by atoms with Gasteiger partial charge in [-0.15, -0.1) is 0 Å². The Morgan fingerprint density at radius 2 is 2.08 bits per heavy atom. The first kappa shape index (κ1) is 18.1. The van der Waals surface area contributed by atoms with Gasteiger partial charge in [0.15, 0.2) is 0 Å². The van der Waals surface area contributed by atoms with Crippen molar-refractivity contribution in [3.8, 4) is 11.5 Å². The molecule has 1 atom stereocenters. The number of benzene rings is 2. The van der Waals surface area contributed by atoms with E-state index < -0.39 is 0 Å². The van der Waals surface area contributed by atoms with Crippen molar-refractivity contribution < 1.29 is 14.3 Å². The van der Waals surface area contributed by atoms with Gasteiger partial charge in [-0.1, -0.05) is 37.3 Å². The molecule has 138 valence electrons. The van der Waals surface area contributed by atoms with Crippen molar-refractivity contribution in [2.75, 3.05) is 31.6 Å². The lowest BCUT2D eigenvalue weighted by atomic mass is 10.1. The van der Waals surface area contributed by atoms with Crippen LogP contribution in [0.15, 0.2) is 48.5 Å². The standard InChI is InChI=1S/C21H26N2O3/c1-3-7-21(24)22-12-13-23-15-20(16-8-5-4-6-9-16)26-19-11-10-17(25-2)14-18(19)23/h4-6,8-11,14,20H,3,7,12-13,15H2,1-2H3,(H,22,24). The summed E-state index contributed by atoms with van der Waals surface area (Å²) in [7, 11) is 1.66. The van der Waals surface area contributed by atoms with Crippen LogP contribution in [0, 0.1) is 0 Å². The molecule has 2 aromatic rings. The van der Waals surface area contributed by atoms with Gasteiger partial charge in [-0.2, -0.15) is 0 Å². The first-order valence-corrected chi connectivity index (χ1v) is 9.12. The van der Waals surface area contributed by atoms with Gasteiger partial charge in [-0.3, -0.25) is 4.79 Å². The number of nitrogens with zero attached hydrogens (tertiary/aromatic N) is 1. The average Bonchev–Trinajstić information content (AvgIpc) is 2.68. The molecule has 0 fully saturated rings. The van der Waals surface area contributed by atoms with Crippen molar-refractivity contribution in [3.05, 3.63) is 54.1 Å². The van der Waals surface area contributed by atoms with Gasteiger partial charge in [0.25, 0.3) is 0 Å². The second-order valence-corrected chi connectivity index (χ2v) is 6.40. The average molecular weight is 354 g/mol. The Kier molecular flexibility index (Phi) is 6.00. The molecule has 0 bridgehead atoms. The minimum absolute atomic E-state index is 0.0385. The van der Waals surface area contributed by atoms with Crippen molar-refractivity contribution in [1.29, 1.82) is 0 Å². The highest BCUT2D eigenvalue weighted by Gasteiger charge is 2.27. The molecule has 5 heteroatoms. The third kappa shape index (κ3) is 4.28. The summed E-state index contributed by atoms with van der Waals surface area (Å²) in [5, 5.41) is 2.99. The van der Waals surface area contributed by atoms with Crippen LogP contribution in [0.5, 0.6) is 11.5 Å². The summed E-state index contributed by atoms with van der Waals surface area (Å²) in [6, 6.07) is 16.1. The third-order valence-corrected chi connectivity index (χ3v) is 4.51. The Balaban J connectivity index is 1.77. The Labute approximate surface area is 154 Å². The molecule has 1 aliphatic heterocycles. The summed E-state index contributed by atoms with van der Waals surface area (Å²) in [4.78, 5) is 14.0. The molecule has 1 N–H and O–H groups in total. The van der Waals surface area contributed by atoms with Gasteiger partial charge in [-0.05, 0) is 24.1 Å². The molecule has 0 saturated carbocycles. The van der Waals surface area contributed by atoms with Crippen LogP contribution in [0.2, 0.25) is 0 Å². The molecule has 1 unspecified atom stereocenters. The summed E-state index contributed by atoms with van der Waals surface area (Å²) < 4.78 is 11.6. The Hall–Kier alpha value is -2.69. The second kappa shape index (κ2) is 8.61. The highest BCUT2D eigenvalue weighted by molar-refractivity contribution is 5.75. The lowest BCUT2D eigenvalue weighted by Crippen LogP contribution is -2.40. The zero-order valence-electron chi connectivity index (χ0n) is 15.4. The number of amides is 1. The van der Waals surface area contributed by atoms with Crippen LogP contribution in [0.4, 0.5) is 5.69 Å². The van der Waals surface area contributed by atoms with E-state index in [0.717, 1.165) is 42.3 Å². The molecular formula is C21H26N2O3. The van der Waals surface area contributed by atoms with Crippen LogP contribution in [0.3, 0.4) is 0 Å². The van der Waals surface area contributed by atoms with E-state index in [9.17, 15) is 4.79 Å². The molecule has 0 saturated heterocycles. The number of hydrogen-bond donors (Lipinski definition) is 1. The van der Waals surface area contributed by atoms with Crippen molar-refractivity contribution in [1.82, 2.24) is 5.32 Å². The Bertz CT molecular complexity index is 733. The van der Waals surface area contributed by atoms with Gasteiger partial charge in [0.05, 0.1) is 19.3 Å². The van der Waals surface area contributed by atoms with Crippen molar-refractivity contribution in [2.24, 2.45) is 0 Å². The summed E-state index contributed by atoms with van der Waals surface area (Å²) >= 11 is 0. The van der Waals surface area contributed by atoms with Gasteiger partial charge in [-0.25, -0.2) is 0 Å². The number of anilines is 1. The van der Waals surface area contributed by atoms with E-state index in [0.29, 0.717) is 13.0 Å². The lowest BCUT2D eigenvalue weighted by molar-refractivity contribution is -0.121. The molecule has 3 rings (SSSR count). The van der Waals surface area contributed by atoms with E-state index in [4.69, 9.17) is 9.47 Å². The molecule has 1 amide bonds. The summed E-state index contributed by atoms with van der Waals surface area (Å²) in [6.07, 6.45) is 1.39. The predicted octanol–water partition coefficient (Wildman–Crippen LogP) is 3.55. The number of ether oxygens (including phenoxy) is 2. The highest BCUT2D eigenvalue weighted by atomic mass is 16.5. The molecule has 5 nitrogen and oxygen atoms in total. The minimum Gasteiger partial charge on any atom is -0.497 e. The molecule has 0 spiro atoms. The number of methoxy groups -OCH3 is 1. The maximum absolute atomic E-state index is 11.7. The first-order valence-electron chi connectivity index (χ1n) is 9.12. The quantitative estimate of drug-likeness (QED) is 0.826. The minimum atomic E-state index is -0.0385. The highest BCUT2D eigenvalue weighted by Crippen LogP contribution is 2.40. The fraction of sp³-hybridized carbons (Fsp3) is 0.381. The lowest BCUT2D eigenvalue weighted by Gasteiger charge is -2.36. The van der Waals surface area contributed by atoms with Crippen LogP contribution < -0.4 is 19.7 Å². The van der Waals surface area contributed by atoms with Crippen LogP contribution >= 0.6 is 0 Å².